The van der Waals surface area contributed by atoms with Gasteiger partial charge in [-0.15, -0.1) is 0 Å². The highest BCUT2D eigenvalue weighted by molar-refractivity contribution is 5.93. The Morgan fingerprint density at radius 1 is 0.824 bits per heavy atom. The van der Waals surface area contributed by atoms with Crippen molar-refractivity contribution in [2.75, 3.05) is 32.7 Å². The van der Waals surface area contributed by atoms with Gasteiger partial charge in [-0.2, -0.15) is 5.10 Å². The molecule has 1 aromatic heterocycles. The molecule has 2 aromatic carbocycles. The molecule has 0 aliphatic carbocycles. The molecule has 2 aliphatic rings. The number of amides is 5. The molecule has 4 N–H and O–H groups in total. The smallest absolute Gasteiger partial charge is 0.243 e. The Hall–Kier alpha value is -5.11. The molecule has 5 rings (SSSR count). The molecule has 5 amide bonds. The van der Waals surface area contributed by atoms with Crippen molar-refractivity contribution in [2.24, 2.45) is 5.92 Å². The molecule has 0 saturated heterocycles. The highest BCUT2D eigenvalue weighted by Crippen LogP contribution is 2.20. The van der Waals surface area contributed by atoms with E-state index >= 15 is 0 Å². The molecular formula is C37H49N9O5. The van der Waals surface area contributed by atoms with Gasteiger partial charge in [0, 0.05) is 31.7 Å². The molecule has 0 radical (unpaired) electrons. The highest BCUT2D eigenvalue weighted by Gasteiger charge is 2.29. The molecule has 0 spiro atoms. The van der Waals surface area contributed by atoms with Crippen molar-refractivity contribution < 1.29 is 24.0 Å². The van der Waals surface area contributed by atoms with Gasteiger partial charge in [0.05, 0.1) is 19.1 Å². The first-order chi connectivity index (χ1) is 24.5. The van der Waals surface area contributed by atoms with Gasteiger partial charge in [0.2, 0.25) is 29.5 Å². The Morgan fingerprint density at radius 2 is 1.55 bits per heavy atom. The lowest BCUT2D eigenvalue weighted by molar-refractivity contribution is -0.138. The Kier molecular flexibility index (Phi) is 12.5. The SMILES string of the molecule is CC(C)C[C@H]1NC(=O)[C@@H](C)NC(=O)CN(C(=O)CN2CCc3ccccc3C2)CCCNC(=O)Cn2nc(-c3ccccc3)nc2[C@H](C)NC1=O. The number of nitrogens with zero attached hydrogens (tertiary/aromatic N) is 5. The van der Waals surface area contributed by atoms with Crippen LogP contribution in [0, 0.1) is 5.92 Å². The summed E-state index contributed by atoms with van der Waals surface area (Å²) in [5.74, 6) is -1.15. The summed E-state index contributed by atoms with van der Waals surface area (Å²) in [5, 5.41) is 16.0. The molecular weight excluding hydrogens is 650 g/mol. The normalized spacial score (nSPS) is 21.6. The van der Waals surface area contributed by atoms with Gasteiger partial charge in [-0.1, -0.05) is 68.4 Å². The minimum Gasteiger partial charge on any atom is -0.354 e. The third kappa shape index (κ3) is 10.2. The van der Waals surface area contributed by atoms with Crippen LogP contribution in [0.1, 0.15) is 63.5 Å². The second kappa shape index (κ2) is 17.2. The summed E-state index contributed by atoms with van der Waals surface area (Å²) in [5.41, 5.74) is 3.20. The van der Waals surface area contributed by atoms with E-state index in [0.717, 1.165) is 18.5 Å². The van der Waals surface area contributed by atoms with Crippen LogP contribution in [0.5, 0.6) is 0 Å². The minimum atomic E-state index is -0.967. The fourth-order valence-corrected chi connectivity index (χ4v) is 6.37. The first-order valence-electron chi connectivity index (χ1n) is 17.7. The number of aromatic nitrogens is 3. The van der Waals surface area contributed by atoms with Crippen molar-refractivity contribution in [2.45, 2.75) is 78.2 Å². The van der Waals surface area contributed by atoms with E-state index in [1.54, 1.807) is 13.8 Å². The van der Waals surface area contributed by atoms with E-state index in [0.29, 0.717) is 31.0 Å². The lowest BCUT2D eigenvalue weighted by Crippen LogP contribution is -2.55. The van der Waals surface area contributed by atoms with Crippen LogP contribution in [-0.2, 0) is 43.5 Å². The van der Waals surface area contributed by atoms with E-state index < -0.39 is 35.8 Å². The number of hydrogen-bond donors (Lipinski definition) is 4. The summed E-state index contributed by atoms with van der Waals surface area (Å²) in [6.45, 7) is 8.72. The molecule has 2 aliphatic heterocycles. The van der Waals surface area contributed by atoms with Gasteiger partial charge >= 0.3 is 0 Å². The molecule has 0 saturated carbocycles. The standard InChI is InChI=1S/C37H49N9O5/c1-24(2)19-30-37(51)40-25(3)35-42-34(28-12-6-5-7-13-28)43-46(35)22-31(47)38-16-10-17-45(21-32(48)39-26(4)36(50)41-30)33(49)23-44-18-15-27-11-8-9-14-29(27)20-44/h5-9,11-14,24-26,30H,10,15-23H2,1-4H3,(H,38,47)(H,39,48)(H,40,51)(H,41,50)/t25-,26+,30+/m0/s1. The van der Waals surface area contributed by atoms with Crippen LogP contribution in [0.3, 0.4) is 0 Å². The zero-order valence-electron chi connectivity index (χ0n) is 29.9. The number of carbonyl (C=O) groups is 5. The quantitative estimate of drug-likeness (QED) is 0.311. The summed E-state index contributed by atoms with van der Waals surface area (Å²) in [7, 11) is 0. The molecule has 3 atom stereocenters. The maximum absolute atomic E-state index is 13.6. The summed E-state index contributed by atoms with van der Waals surface area (Å²) in [6.07, 6.45) is 1.57. The third-order valence-electron chi connectivity index (χ3n) is 9.07. The second-order valence-electron chi connectivity index (χ2n) is 13.8. The van der Waals surface area contributed by atoms with Gasteiger partial charge in [-0.3, -0.25) is 28.9 Å². The number of hydrogen-bond acceptors (Lipinski definition) is 8. The summed E-state index contributed by atoms with van der Waals surface area (Å²) < 4.78 is 1.48. The average Bonchev–Trinajstić information content (AvgIpc) is 3.52. The molecule has 51 heavy (non-hydrogen) atoms. The zero-order valence-corrected chi connectivity index (χ0v) is 29.9. The molecule has 14 heteroatoms. The number of fused-ring (bicyclic) bond motifs is 2. The van der Waals surface area contributed by atoms with Crippen LogP contribution in [0.2, 0.25) is 0 Å². The number of rotatable bonds is 5. The largest absolute Gasteiger partial charge is 0.354 e. The fraction of sp³-hybridized carbons (Fsp3) is 0.486. The van der Waals surface area contributed by atoms with Crippen LogP contribution in [0.15, 0.2) is 54.6 Å². The van der Waals surface area contributed by atoms with Crippen molar-refractivity contribution in [1.82, 2.24) is 45.8 Å². The maximum atomic E-state index is 13.6. The maximum Gasteiger partial charge on any atom is 0.243 e. The topological polar surface area (TPSA) is 171 Å². The molecule has 3 heterocycles. The van der Waals surface area contributed by atoms with Crippen molar-refractivity contribution in [3.63, 3.8) is 0 Å². The first-order valence-corrected chi connectivity index (χ1v) is 17.7. The Bertz CT molecular complexity index is 1710. The van der Waals surface area contributed by atoms with Crippen LogP contribution in [0.25, 0.3) is 11.4 Å². The Balaban J connectivity index is 1.36. The predicted octanol–water partition coefficient (Wildman–Crippen LogP) is 1.56. The van der Waals surface area contributed by atoms with Crippen LogP contribution < -0.4 is 21.3 Å². The van der Waals surface area contributed by atoms with Gasteiger partial charge < -0.3 is 26.2 Å². The number of benzene rings is 2. The monoisotopic (exact) mass is 699 g/mol. The second-order valence-corrected chi connectivity index (χ2v) is 13.8. The van der Waals surface area contributed by atoms with E-state index in [9.17, 15) is 24.0 Å². The number of nitrogens with one attached hydrogen (secondary N) is 4. The Morgan fingerprint density at radius 3 is 2.29 bits per heavy atom. The lowest BCUT2D eigenvalue weighted by atomic mass is 10.00. The van der Waals surface area contributed by atoms with Gasteiger partial charge in [-0.05, 0) is 50.2 Å². The Labute approximate surface area is 298 Å². The van der Waals surface area contributed by atoms with Gasteiger partial charge in [-0.25, -0.2) is 9.67 Å². The fourth-order valence-electron chi connectivity index (χ4n) is 6.37. The summed E-state index contributed by atoms with van der Waals surface area (Å²) >= 11 is 0. The van der Waals surface area contributed by atoms with Crippen LogP contribution in [0.4, 0.5) is 0 Å². The molecule has 0 fully saturated rings. The van der Waals surface area contributed by atoms with Crippen molar-refractivity contribution >= 4 is 29.5 Å². The average molecular weight is 700 g/mol. The van der Waals surface area contributed by atoms with E-state index in [1.807, 2.05) is 56.3 Å². The number of carbonyl (C=O) groups excluding carboxylic acids is 5. The molecule has 0 bridgehead atoms. The minimum absolute atomic E-state index is 0.0628. The van der Waals surface area contributed by atoms with Gasteiger partial charge in [0.25, 0.3) is 0 Å². The molecule has 272 valence electrons. The van der Waals surface area contributed by atoms with Crippen molar-refractivity contribution in [3.8, 4) is 11.4 Å². The van der Waals surface area contributed by atoms with E-state index in [4.69, 9.17) is 4.98 Å². The summed E-state index contributed by atoms with van der Waals surface area (Å²) in [4.78, 5) is 75.2. The first kappa shape index (κ1) is 37.2. The lowest BCUT2D eigenvalue weighted by Gasteiger charge is -2.31. The van der Waals surface area contributed by atoms with Crippen LogP contribution in [-0.4, -0.2) is 98.9 Å². The van der Waals surface area contributed by atoms with E-state index in [-0.39, 0.29) is 50.5 Å². The van der Waals surface area contributed by atoms with Crippen molar-refractivity contribution in [1.29, 1.82) is 0 Å². The van der Waals surface area contributed by atoms with Crippen LogP contribution >= 0.6 is 0 Å². The molecule has 3 aromatic rings. The highest BCUT2D eigenvalue weighted by atomic mass is 16.2. The summed E-state index contributed by atoms with van der Waals surface area (Å²) in [6, 6.07) is 15.0. The third-order valence-corrected chi connectivity index (χ3v) is 9.07. The molecule has 14 nitrogen and oxygen atoms in total. The van der Waals surface area contributed by atoms with Crippen molar-refractivity contribution in [3.05, 3.63) is 71.5 Å². The molecule has 0 unspecified atom stereocenters. The van der Waals surface area contributed by atoms with E-state index in [2.05, 4.69) is 43.4 Å². The predicted molar refractivity (Wildman–Crippen MR) is 191 cm³/mol. The van der Waals surface area contributed by atoms with E-state index in [1.165, 1.54) is 20.7 Å². The van der Waals surface area contributed by atoms with Gasteiger partial charge in [0.15, 0.2) is 5.82 Å². The zero-order chi connectivity index (χ0) is 36.5. The van der Waals surface area contributed by atoms with Gasteiger partial charge in [0.1, 0.15) is 24.5 Å².